The number of aromatic nitrogens is 1. The molecule has 7 heteroatoms. The Hall–Kier alpha value is -4.49. The fourth-order valence-corrected chi connectivity index (χ4v) is 4.24. The van der Waals surface area contributed by atoms with Crippen molar-refractivity contribution in [1.82, 2.24) is 15.6 Å². The minimum absolute atomic E-state index is 0.159. The van der Waals surface area contributed by atoms with Crippen molar-refractivity contribution >= 4 is 11.8 Å². The number of rotatable bonds is 6. The van der Waals surface area contributed by atoms with Crippen molar-refractivity contribution in [3.63, 3.8) is 0 Å². The molecule has 0 atom stereocenters. The van der Waals surface area contributed by atoms with Crippen LogP contribution in [0.25, 0.3) is 0 Å². The summed E-state index contributed by atoms with van der Waals surface area (Å²) in [6.45, 7) is 0. The molecule has 0 unspecified atom stereocenters. The molecular formula is C27H21N5O2. The summed E-state index contributed by atoms with van der Waals surface area (Å²) in [5.74, 6) is -0.727. The van der Waals surface area contributed by atoms with Crippen molar-refractivity contribution in [2.45, 2.75) is 36.8 Å². The second-order valence-corrected chi connectivity index (χ2v) is 8.87. The van der Waals surface area contributed by atoms with Gasteiger partial charge in [0, 0.05) is 0 Å². The van der Waals surface area contributed by atoms with Gasteiger partial charge in [-0.25, -0.2) is 4.98 Å². The van der Waals surface area contributed by atoms with E-state index in [1.165, 1.54) is 0 Å². The predicted octanol–water partition coefficient (Wildman–Crippen LogP) is 3.66. The molecule has 2 aromatic carbocycles. The van der Waals surface area contributed by atoms with Gasteiger partial charge >= 0.3 is 0 Å². The molecule has 2 fully saturated rings. The van der Waals surface area contributed by atoms with Crippen LogP contribution in [0, 0.1) is 22.7 Å². The molecule has 5 rings (SSSR count). The van der Waals surface area contributed by atoms with Gasteiger partial charge in [0.25, 0.3) is 11.8 Å². The molecule has 2 aliphatic rings. The first-order valence-corrected chi connectivity index (χ1v) is 11.1. The van der Waals surface area contributed by atoms with Crippen molar-refractivity contribution in [3.8, 4) is 12.1 Å². The zero-order chi connectivity index (χ0) is 23.8. The lowest BCUT2D eigenvalue weighted by Crippen LogP contribution is -2.37. The van der Waals surface area contributed by atoms with E-state index in [1.54, 1.807) is 42.5 Å². The Morgan fingerprint density at radius 3 is 1.50 bits per heavy atom. The van der Waals surface area contributed by atoms with Crippen LogP contribution >= 0.6 is 0 Å². The van der Waals surface area contributed by atoms with E-state index in [2.05, 4.69) is 27.8 Å². The van der Waals surface area contributed by atoms with Crippen molar-refractivity contribution in [2.24, 2.45) is 0 Å². The zero-order valence-corrected chi connectivity index (χ0v) is 18.3. The van der Waals surface area contributed by atoms with Crippen LogP contribution in [0.4, 0.5) is 0 Å². The molecule has 2 aliphatic carbocycles. The molecule has 166 valence electrons. The lowest BCUT2D eigenvalue weighted by Gasteiger charge is -2.19. The van der Waals surface area contributed by atoms with Gasteiger partial charge in [0.2, 0.25) is 0 Å². The van der Waals surface area contributed by atoms with Crippen LogP contribution in [-0.4, -0.2) is 16.8 Å². The van der Waals surface area contributed by atoms with E-state index in [9.17, 15) is 20.1 Å². The Balaban J connectivity index is 1.32. The standard InChI is InChI=1S/C27H21N5O2/c28-16-18-4-1-6-20(14-18)26(10-11-26)31-24(33)22-8-3-9-23(30-22)25(34)32-27(12-13-27)21-7-2-5-19(15-21)17-29/h1-9,14-15H,10-13H2,(H,31,33)(H,32,34). The van der Waals surface area contributed by atoms with Gasteiger partial charge in [-0.2, -0.15) is 10.5 Å². The highest BCUT2D eigenvalue weighted by Crippen LogP contribution is 2.46. The van der Waals surface area contributed by atoms with Gasteiger partial charge in [0.05, 0.1) is 34.3 Å². The molecule has 34 heavy (non-hydrogen) atoms. The first-order valence-electron chi connectivity index (χ1n) is 11.1. The van der Waals surface area contributed by atoms with Crippen molar-refractivity contribution in [1.29, 1.82) is 10.5 Å². The summed E-state index contributed by atoms with van der Waals surface area (Å²) in [6, 6.07) is 23.5. The Kier molecular flexibility index (Phi) is 5.11. The van der Waals surface area contributed by atoms with E-state index in [4.69, 9.17) is 0 Å². The molecule has 0 radical (unpaired) electrons. The van der Waals surface area contributed by atoms with E-state index in [0.717, 1.165) is 36.8 Å². The van der Waals surface area contributed by atoms with Crippen LogP contribution in [0.5, 0.6) is 0 Å². The predicted molar refractivity (Wildman–Crippen MR) is 123 cm³/mol. The average Bonchev–Trinajstić information content (AvgIpc) is 3.82. The van der Waals surface area contributed by atoms with Gasteiger partial charge in [-0.05, 0) is 73.2 Å². The Bertz CT molecular complexity index is 1290. The summed E-state index contributed by atoms with van der Waals surface area (Å²) >= 11 is 0. The van der Waals surface area contributed by atoms with Crippen LogP contribution in [-0.2, 0) is 11.1 Å². The fraction of sp³-hybridized carbons (Fsp3) is 0.222. The summed E-state index contributed by atoms with van der Waals surface area (Å²) in [6.07, 6.45) is 3.10. The van der Waals surface area contributed by atoms with Crippen LogP contribution in [0.2, 0.25) is 0 Å². The van der Waals surface area contributed by atoms with E-state index in [-0.39, 0.29) is 23.2 Å². The first kappa shape index (κ1) is 21.4. The molecule has 2 amide bonds. The van der Waals surface area contributed by atoms with Gasteiger partial charge in [-0.15, -0.1) is 0 Å². The highest BCUT2D eigenvalue weighted by atomic mass is 16.2. The average molecular weight is 447 g/mol. The molecule has 3 aromatic rings. The molecule has 0 bridgehead atoms. The smallest absolute Gasteiger partial charge is 0.270 e. The number of hydrogen-bond donors (Lipinski definition) is 2. The lowest BCUT2D eigenvalue weighted by atomic mass is 10.0. The molecule has 7 nitrogen and oxygen atoms in total. The minimum Gasteiger partial charge on any atom is -0.341 e. The number of benzene rings is 2. The summed E-state index contributed by atoms with van der Waals surface area (Å²) in [5.41, 5.74) is 2.18. The maximum atomic E-state index is 13.0. The number of pyridine rings is 1. The van der Waals surface area contributed by atoms with Gasteiger partial charge < -0.3 is 10.6 Å². The third kappa shape index (κ3) is 4.00. The lowest BCUT2D eigenvalue weighted by molar-refractivity contribution is 0.0921. The van der Waals surface area contributed by atoms with E-state index in [1.807, 2.05) is 24.3 Å². The number of hydrogen-bond acceptors (Lipinski definition) is 5. The molecule has 2 saturated carbocycles. The second kappa shape index (κ2) is 8.13. The Labute approximate surface area is 197 Å². The zero-order valence-electron chi connectivity index (χ0n) is 18.3. The highest BCUT2D eigenvalue weighted by molar-refractivity contribution is 5.97. The number of nitriles is 2. The second-order valence-electron chi connectivity index (χ2n) is 8.87. The SMILES string of the molecule is N#Cc1cccc(C2(NC(=O)c3cccc(C(=O)NC4(c5cccc(C#N)c5)CC4)n3)CC2)c1. The first-order chi connectivity index (χ1) is 16.5. The summed E-state index contributed by atoms with van der Waals surface area (Å²) < 4.78 is 0. The fourth-order valence-electron chi connectivity index (χ4n) is 4.24. The topological polar surface area (TPSA) is 119 Å². The number of nitrogens with zero attached hydrogens (tertiary/aromatic N) is 3. The number of carbonyl (C=O) groups excluding carboxylic acids is 2. The molecule has 0 spiro atoms. The molecular weight excluding hydrogens is 426 g/mol. The molecule has 1 heterocycles. The Morgan fingerprint density at radius 2 is 1.12 bits per heavy atom. The van der Waals surface area contributed by atoms with Gasteiger partial charge in [-0.1, -0.05) is 30.3 Å². The largest absolute Gasteiger partial charge is 0.341 e. The highest BCUT2D eigenvalue weighted by Gasteiger charge is 2.47. The van der Waals surface area contributed by atoms with Gasteiger partial charge in [0.15, 0.2) is 0 Å². The van der Waals surface area contributed by atoms with Crippen LogP contribution in [0.3, 0.4) is 0 Å². The number of nitrogens with one attached hydrogen (secondary N) is 2. The monoisotopic (exact) mass is 447 g/mol. The number of amides is 2. The Morgan fingerprint density at radius 1 is 0.706 bits per heavy atom. The summed E-state index contributed by atoms with van der Waals surface area (Å²) in [5, 5.41) is 24.4. The van der Waals surface area contributed by atoms with Gasteiger partial charge in [0.1, 0.15) is 11.4 Å². The van der Waals surface area contributed by atoms with Crippen molar-refractivity contribution < 1.29 is 9.59 Å². The van der Waals surface area contributed by atoms with Crippen molar-refractivity contribution in [3.05, 3.63) is 100 Å². The molecule has 0 saturated heterocycles. The molecule has 0 aliphatic heterocycles. The van der Waals surface area contributed by atoms with E-state index >= 15 is 0 Å². The third-order valence-electron chi connectivity index (χ3n) is 6.51. The van der Waals surface area contributed by atoms with Crippen molar-refractivity contribution in [2.75, 3.05) is 0 Å². The van der Waals surface area contributed by atoms with E-state index in [0.29, 0.717) is 11.1 Å². The maximum absolute atomic E-state index is 13.0. The van der Waals surface area contributed by atoms with Crippen LogP contribution in [0.1, 0.15) is 68.9 Å². The minimum atomic E-state index is -0.506. The quantitative estimate of drug-likeness (QED) is 0.598. The summed E-state index contributed by atoms with van der Waals surface area (Å²) in [7, 11) is 0. The van der Waals surface area contributed by atoms with Crippen LogP contribution in [0.15, 0.2) is 66.7 Å². The van der Waals surface area contributed by atoms with E-state index < -0.39 is 11.1 Å². The molecule has 2 N–H and O–H groups in total. The molecule has 1 aromatic heterocycles. The van der Waals surface area contributed by atoms with Crippen LogP contribution < -0.4 is 10.6 Å². The maximum Gasteiger partial charge on any atom is 0.270 e. The van der Waals surface area contributed by atoms with Gasteiger partial charge in [-0.3, -0.25) is 9.59 Å². The normalized spacial score (nSPS) is 16.4. The number of carbonyl (C=O) groups is 2. The summed E-state index contributed by atoms with van der Waals surface area (Å²) in [4.78, 5) is 30.3. The third-order valence-corrected chi connectivity index (χ3v) is 6.51.